The molecular formula is C31H38N2O5S. The van der Waals surface area contributed by atoms with E-state index >= 15 is 0 Å². The van der Waals surface area contributed by atoms with Crippen molar-refractivity contribution in [1.82, 2.24) is 10.3 Å². The Hall–Kier alpha value is -3.65. The second-order valence-electron chi connectivity index (χ2n) is 10.1. The zero-order valence-electron chi connectivity index (χ0n) is 23.4. The molecule has 0 aliphatic heterocycles. The number of rotatable bonds is 12. The summed E-state index contributed by atoms with van der Waals surface area (Å²) in [5.41, 5.74) is 2.05. The summed E-state index contributed by atoms with van der Waals surface area (Å²) in [5.74, 6) is 0.216. The van der Waals surface area contributed by atoms with Crippen LogP contribution in [0.3, 0.4) is 0 Å². The van der Waals surface area contributed by atoms with Crippen molar-refractivity contribution < 1.29 is 23.8 Å². The number of unbranched alkanes of at least 4 members (excludes halogenated alkanes) is 4. The average molecular weight is 551 g/mol. The summed E-state index contributed by atoms with van der Waals surface area (Å²) in [6.45, 7) is 8.21. The van der Waals surface area contributed by atoms with Crippen LogP contribution in [0.5, 0.6) is 5.75 Å². The molecule has 0 radical (unpaired) electrons. The molecule has 8 heteroatoms. The average Bonchev–Trinajstić information content (AvgIpc) is 3.40. The van der Waals surface area contributed by atoms with Crippen LogP contribution in [0, 0.1) is 0 Å². The number of methoxy groups -OCH3 is 1. The first-order chi connectivity index (χ1) is 18.7. The highest BCUT2D eigenvalue weighted by Gasteiger charge is 2.20. The number of nitrogens with one attached hydrogen (secondary N) is 1. The minimum atomic E-state index is -0.729. The van der Waals surface area contributed by atoms with Crippen LogP contribution in [0.25, 0.3) is 27.1 Å². The normalized spacial score (nSPS) is 11.7. The number of nitrogens with zero attached hydrogens (tertiary/aromatic N) is 1. The molecule has 0 atom stereocenters. The molecule has 0 aliphatic carbocycles. The highest BCUT2D eigenvalue weighted by atomic mass is 32.1. The van der Waals surface area contributed by atoms with Crippen LogP contribution in [-0.2, 0) is 14.3 Å². The molecule has 1 heterocycles. The van der Waals surface area contributed by atoms with Crippen molar-refractivity contribution in [2.75, 3.05) is 13.7 Å². The van der Waals surface area contributed by atoms with Crippen LogP contribution in [0.2, 0.25) is 0 Å². The van der Waals surface area contributed by atoms with Crippen molar-refractivity contribution >= 4 is 29.5 Å². The van der Waals surface area contributed by atoms with Gasteiger partial charge in [-0.15, -0.1) is 11.3 Å². The Morgan fingerprint density at radius 3 is 2.26 bits per heavy atom. The van der Waals surface area contributed by atoms with Gasteiger partial charge < -0.3 is 14.2 Å². The number of carbonyl (C=O) groups excluding carboxylic acids is 2. The summed E-state index contributed by atoms with van der Waals surface area (Å²) >= 11 is 1.60. The Bertz CT molecular complexity index is 1240. The highest BCUT2D eigenvalue weighted by Crippen LogP contribution is 2.33. The fourth-order valence-corrected chi connectivity index (χ4v) is 4.64. The first-order valence-electron chi connectivity index (χ1n) is 13.3. The molecule has 2 aromatic carbocycles. The molecule has 3 rings (SSSR count). The summed E-state index contributed by atoms with van der Waals surface area (Å²) in [5, 5.41) is 3.35. The monoisotopic (exact) mass is 550 g/mol. The van der Waals surface area contributed by atoms with E-state index in [2.05, 4.69) is 29.4 Å². The second-order valence-corrected chi connectivity index (χ2v) is 11.1. The number of benzene rings is 2. The molecular weight excluding hydrogens is 512 g/mol. The highest BCUT2D eigenvalue weighted by molar-refractivity contribution is 7.18. The van der Waals surface area contributed by atoms with E-state index in [0.717, 1.165) is 39.8 Å². The van der Waals surface area contributed by atoms with Crippen LogP contribution in [0.4, 0.5) is 4.79 Å². The Morgan fingerprint density at radius 1 is 0.949 bits per heavy atom. The quantitative estimate of drug-likeness (QED) is 0.140. The van der Waals surface area contributed by atoms with Crippen molar-refractivity contribution in [1.29, 1.82) is 0 Å². The largest absolute Gasteiger partial charge is 0.494 e. The van der Waals surface area contributed by atoms with Gasteiger partial charge in [-0.1, -0.05) is 56.9 Å². The maximum absolute atomic E-state index is 12.2. The molecule has 0 aliphatic rings. The number of hydrogen-bond donors (Lipinski definition) is 1. The van der Waals surface area contributed by atoms with E-state index in [-0.39, 0.29) is 5.70 Å². The summed E-state index contributed by atoms with van der Waals surface area (Å²) in [6.07, 6.45) is 8.78. The van der Waals surface area contributed by atoms with Crippen molar-refractivity contribution in [3.8, 4) is 26.8 Å². The molecule has 3 aromatic rings. The minimum Gasteiger partial charge on any atom is -0.494 e. The van der Waals surface area contributed by atoms with E-state index in [9.17, 15) is 9.59 Å². The summed E-state index contributed by atoms with van der Waals surface area (Å²) in [4.78, 5) is 30.0. The Balaban J connectivity index is 1.63. The molecule has 1 N–H and O–H groups in total. The zero-order valence-corrected chi connectivity index (χ0v) is 24.2. The molecule has 0 unspecified atom stereocenters. The van der Waals surface area contributed by atoms with Crippen molar-refractivity contribution in [3.63, 3.8) is 0 Å². The van der Waals surface area contributed by atoms with E-state index in [1.807, 2.05) is 42.6 Å². The lowest BCUT2D eigenvalue weighted by Gasteiger charge is -2.20. The van der Waals surface area contributed by atoms with E-state index in [0.29, 0.717) is 5.56 Å². The molecule has 1 aromatic heterocycles. The number of carbonyl (C=O) groups is 2. The van der Waals surface area contributed by atoms with Crippen LogP contribution in [0.15, 0.2) is 60.4 Å². The summed E-state index contributed by atoms with van der Waals surface area (Å²) < 4.78 is 15.9. The van der Waals surface area contributed by atoms with Crippen molar-refractivity contribution in [2.45, 2.75) is 65.4 Å². The number of alkyl carbamates (subject to hydrolysis) is 1. The second kappa shape index (κ2) is 14.5. The van der Waals surface area contributed by atoms with Crippen molar-refractivity contribution in [3.05, 3.63) is 66.0 Å². The molecule has 0 saturated heterocycles. The third kappa shape index (κ3) is 9.87. The fraction of sp³-hybridized carbons (Fsp3) is 0.387. The Morgan fingerprint density at radius 2 is 1.62 bits per heavy atom. The van der Waals surface area contributed by atoms with Gasteiger partial charge in [-0.05, 0) is 68.7 Å². The van der Waals surface area contributed by atoms with E-state index in [1.54, 1.807) is 38.2 Å². The first kappa shape index (κ1) is 29.9. The Kier molecular flexibility index (Phi) is 11.1. The third-order valence-electron chi connectivity index (χ3n) is 5.67. The predicted octanol–water partition coefficient (Wildman–Crippen LogP) is 7.86. The number of amides is 1. The molecule has 0 fully saturated rings. The molecule has 7 nitrogen and oxygen atoms in total. The van der Waals surface area contributed by atoms with Gasteiger partial charge in [0.2, 0.25) is 0 Å². The van der Waals surface area contributed by atoms with Crippen LogP contribution < -0.4 is 10.1 Å². The minimum absolute atomic E-state index is 0.0139. The van der Waals surface area contributed by atoms with Gasteiger partial charge in [0.1, 0.15) is 22.1 Å². The molecule has 0 saturated carbocycles. The number of esters is 1. The van der Waals surface area contributed by atoms with Crippen LogP contribution >= 0.6 is 11.3 Å². The molecule has 39 heavy (non-hydrogen) atoms. The molecule has 0 spiro atoms. The lowest BCUT2D eigenvalue weighted by atomic mass is 10.1. The van der Waals surface area contributed by atoms with Gasteiger partial charge in [-0.25, -0.2) is 14.6 Å². The number of ether oxygens (including phenoxy) is 3. The fourth-order valence-electron chi connectivity index (χ4n) is 3.71. The molecule has 208 valence electrons. The summed E-state index contributed by atoms with van der Waals surface area (Å²) in [7, 11) is 1.26. The van der Waals surface area contributed by atoms with Crippen LogP contribution in [-0.4, -0.2) is 36.4 Å². The van der Waals surface area contributed by atoms with E-state index < -0.39 is 17.7 Å². The lowest BCUT2D eigenvalue weighted by Crippen LogP contribution is -2.34. The van der Waals surface area contributed by atoms with Gasteiger partial charge >= 0.3 is 12.1 Å². The smallest absolute Gasteiger partial charge is 0.412 e. The lowest BCUT2D eigenvalue weighted by molar-refractivity contribution is -0.136. The van der Waals surface area contributed by atoms with Gasteiger partial charge in [0.15, 0.2) is 0 Å². The SMILES string of the molecule is CCCCCCCOc1ccc(-c2cnc(-c3ccc(/C=C(\NC(=O)OC(C)(C)C)C(=O)OC)cc3)s2)cc1. The van der Waals surface area contributed by atoms with Gasteiger partial charge in [-0.2, -0.15) is 0 Å². The topological polar surface area (TPSA) is 86.8 Å². The van der Waals surface area contributed by atoms with Gasteiger partial charge in [0.25, 0.3) is 0 Å². The predicted molar refractivity (Wildman–Crippen MR) is 157 cm³/mol. The zero-order chi connectivity index (χ0) is 28.3. The number of hydrogen-bond acceptors (Lipinski definition) is 7. The standard InChI is InChI=1S/C31H38N2O5S/c1-6-7-8-9-10-19-37-25-17-15-23(16-18-25)27-21-32-28(39-27)24-13-11-22(12-14-24)20-26(29(34)36-5)33-30(35)38-31(2,3)4/h11-18,20-21H,6-10,19H2,1-5H3,(H,33,35)/b26-20-. The first-order valence-corrected chi connectivity index (χ1v) is 14.1. The third-order valence-corrected chi connectivity index (χ3v) is 6.77. The van der Waals surface area contributed by atoms with Crippen molar-refractivity contribution in [2.24, 2.45) is 0 Å². The number of aromatic nitrogens is 1. The van der Waals surface area contributed by atoms with Gasteiger partial charge in [0, 0.05) is 11.8 Å². The van der Waals surface area contributed by atoms with E-state index in [1.165, 1.54) is 32.8 Å². The van der Waals surface area contributed by atoms with Gasteiger partial charge in [-0.3, -0.25) is 5.32 Å². The molecule has 1 amide bonds. The maximum atomic E-state index is 12.2. The van der Waals surface area contributed by atoms with Crippen LogP contribution in [0.1, 0.15) is 65.4 Å². The molecule has 0 bridgehead atoms. The summed E-state index contributed by atoms with van der Waals surface area (Å²) in [6, 6.07) is 15.7. The van der Waals surface area contributed by atoms with E-state index in [4.69, 9.17) is 14.2 Å². The Labute approximate surface area is 235 Å². The maximum Gasteiger partial charge on any atom is 0.412 e. The van der Waals surface area contributed by atoms with Gasteiger partial charge in [0.05, 0.1) is 18.6 Å². The number of thiazole rings is 1.